The van der Waals surface area contributed by atoms with Crippen LogP contribution in [0.15, 0.2) is 28.7 Å². The van der Waals surface area contributed by atoms with E-state index in [1.54, 1.807) is 0 Å². The van der Waals surface area contributed by atoms with Crippen molar-refractivity contribution in [2.24, 2.45) is 5.73 Å². The number of aliphatic hydroxyl groups excluding tert-OH is 1. The second-order valence-electron chi connectivity index (χ2n) is 4.99. The molecule has 0 aliphatic carbocycles. The minimum Gasteiger partial charge on any atom is -0.394 e. The molecule has 0 bridgehead atoms. The lowest BCUT2D eigenvalue weighted by Crippen LogP contribution is -2.52. The van der Waals surface area contributed by atoms with E-state index < -0.39 is 0 Å². The zero-order chi connectivity index (χ0) is 13.8. The Kier molecular flexibility index (Phi) is 5.36. The molecule has 1 aromatic rings. The van der Waals surface area contributed by atoms with Crippen LogP contribution in [-0.4, -0.2) is 48.5 Å². The van der Waals surface area contributed by atoms with Gasteiger partial charge in [-0.25, -0.2) is 0 Å². The Bertz CT molecular complexity index is 416. The molecule has 0 radical (unpaired) electrons. The monoisotopic (exact) mass is 328 g/mol. The number of ether oxygens (including phenoxy) is 1. The average molecular weight is 329 g/mol. The molecule has 1 aliphatic heterocycles. The van der Waals surface area contributed by atoms with Crippen molar-refractivity contribution >= 4 is 15.9 Å². The molecule has 106 valence electrons. The van der Waals surface area contributed by atoms with E-state index in [4.69, 9.17) is 10.5 Å². The van der Waals surface area contributed by atoms with Gasteiger partial charge >= 0.3 is 0 Å². The standard InChI is InChI=1S/C14H21BrN2O2/c1-10-9-19-13(8-18)7-17(10)14(6-16)11-3-2-4-12(15)5-11/h2-5,10,13-14,18H,6-9,16H2,1H3. The number of aliphatic hydroxyl groups is 1. The lowest BCUT2D eigenvalue weighted by Gasteiger charge is -2.42. The predicted molar refractivity (Wildman–Crippen MR) is 78.9 cm³/mol. The first-order chi connectivity index (χ1) is 9.15. The van der Waals surface area contributed by atoms with Gasteiger partial charge in [-0.05, 0) is 24.6 Å². The minimum atomic E-state index is -0.114. The van der Waals surface area contributed by atoms with Crippen LogP contribution in [0.4, 0.5) is 0 Å². The van der Waals surface area contributed by atoms with Crippen LogP contribution in [0.2, 0.25) is 0 Å². The Morgan fingerprint density at radius 1 is 1.58 bits per heavy atom. The molecule has 3 unspecified atom stereocenters. The van der Waals surface area contributed by atoms with Gasteiger partial charge in [-0.3, -0.25) is 4.90 Å². The Labute approximate surface area is 122 Å². The zero-order valence-corrected chi connectivity index (χ0v) is 12.7. The van der Waals surface area contributed by atoms with Crippen LogP contribution < -0.4 is 5.73 Å². The van der Waals surface area contributed by atoms with Crippen molar-refractivity contribution < 1.29 is 9.84 Å². The van der Waals surface area contributed by atoms with E-state index in [2.05, 4.69) is 39.9 Å². The number of halogens is 1. The second-order valence-corrected chi connectivity index (χ2v) is 5.91. The lowest BCUT2D eigenvalue weighted by molar-refractivity contribution is -0.0907. The summed E-state index contributed by atoms with van der Waals surface area (Å²) in [6.07, 6.45) is -0.114. The molecule has 4 nitrogen and oxygen atoms in total. The van der Waals surface area contributed by atoms with Crippen LogP contribution >= 0.6 is 15.9 Å². The summed E-state index contributed by atoms with van der Waals surface area (Å²) in [6.45, 7) is 4.09. The van der Waals surface area contributed by atoms with Gasteiger partial charge in [-0.2, -0.15) is 0 Å². The van der Waals surface area contributed by atoms with Crippen LogP contribution in [0.3, 0.4) is 0 Å². The lowest BCUT2D eigenvalue weighted by atomic mass is 10.0. The quantitative estimate of drug-likeness (QED) is 0.880. The van der Waals surface area contributed by atoms with Crippen molar-refractivity contribution in [1.29, 1.82) is 0 Å². The highest BCUT2D eigenvalue weighted by Crippen LogP contribution is 2.27. The van der Waals surface area contributed by atoms with Gasteiger partial charge < -0.3 is 15.6 Å². The molecule has 0 saturated carbocycles. The Balaban J connectivity index is 2.20. The second kappa shape index (κ2) is 6.81. The Morgan fingerprint density at radius 2 is 2.37 bits per heavy atom. The van der Waals surface area contributed by atoms with Gasteiger partial charge in [0.2, 0.25) is 0 Å². The fourth-order valence-corrected chi connectivity index (χ4v) is 2.98. The highest BCUT2D eigenvalue weighted by Gasteiger charge is 2.31. The Morgan fingerprint density at radius 3 is 3.00 bits per heavy atom. The fourth-order valence-electron chi connectivity index (χ4n) is 2.56. The van der Waals surface area contributed by atoms with Gasteiger partial charge in [0, 0.05) is 29.6 Å². The maximum Gasteiger partial charge on any atom is 0.0933 e. The van der Waals surface area contributed by atoms with Crippen molar-refractivity contribution in [2.45, 2.75) is 25.1 Å². The third-order valence-corrected chi connectivity index (χ3v) is 4.11. The normalized spacial score (nSPS) is 26.3. The Hall–Kier alpha value is -0.460. The summed E-state index contributed by atoms with van der Waals surface area (Å²) in [5.74, 6) is 0. The first-order valence-electron chi connectivity index (χ1n) is 6.59. The molecule has 1 fully saturated rings. The van der Waals surface area contributed by atoms with Gasteiger partial charge in [0.05, 0.1) is 19.3 Å². The average Bonchev–Trinajstić information content (AvgIpc) is 2.42. The van der Waals surface area contributed by atoms with Crippen molar-refractivity contribution in [3.8, 4) is 0 Å². The van der Waals surface area contributed by atoms with Crippen molar-refractivity contribution in [3.05, 3.63) is 34.3 Å². The molecule has 0 amide bonds. The zero-order valence-electron chi connectivity index (χ0n) is 11.1. The van der Waals surface area contributed by atoms with E-state index in [-0.39, 0.29) is 18.8 Å². The first-order valence-corrected chi connectivity index (χ1v) is 7.38. The summed E-state index contributed by atoms with van der Waals surface area (Å²) in [6, 6.07) is 8.69. The molecule has 1 aliphatic rings. The van der Waals surface area contributed by atoms with E-state index in [1.807, 2.05) is 12.1 Å². The van der Waals surface area contributed by atoms with Crippen LogP contribution in [0.5, 0.6) is 0 Å². The molecule has 5 heteroatoms. The number of morpholine rings is 1. The van der Waals surface area contributed by atoms with Gasteiger partial charge in [-0.15, -0.1) is 0 Å². The van der Waals surface area contributed by atoms with Gasteiger partial charge in [-0.1, -0.05) is 28.1 Å². The molecule has 1 aromatic carbocycles. The number of nitrogens with two attached hydrogens (primary N) is 1. The molecule has 0 aromatic heterocycles. The van der Waals surface area contributed by atoms with Crippen LogP contribution in [0.1, 0.15) is 18.5 Å². The highest BCUT2D eigenvalue weighted by atomic mass is 79.9. The van der Waals surface area contributed by atoms with Crippen molar-refractivity contribution in [3.63, 3.8) is 0 Å². The molecular formula is C14H21BrN2O2. The number of nitrogens with zero attached hydrogens (tertiary/aromatic N) is 1. The molecule has 1 saturated heterocycles. The van der Waals surface area contributed by atoms with E-state index in [0.29, 0.717) is 25.7 Å². The van der Waals surface area contributed by atoms with Crippen LogP contribution in [-0.2, 0) is 4.74 Å². The van der Waals surface area contributed by atoms with Crippen LogP contribution in [0, 0.1) is 0 Å². The smallest absolute Gasteiger partial charge is 0.0933 e. The molecule has 2 rings (SSSR count). The maximum atomic E-state index is 9.27. The third kappa shape index (κ3) is 3.55. The van der Waals surface area contributed by atoms with E-state index >= 15 is 0 Å². The summed E-state index contributed by atoms with van der Waals surface area (Å²) in [7, 11) is 0. The number of hydrogen-bond acceptors (Lipinski definition) is 4. The number of benzene rings is 1. The summed E-state index contributed by atoms with van der Waals surface area (Å²) < 4.78 is 6.64. The SMILES string of the molecule is CC1COC(CO)CN1C(CN)c1cccc(Br)c1. The van der Waals surface area contributed by atoms with Crippen LogP contribution in [0.25, 0.3) is 0 Å². The molecular weight excluding hydrogens is 308 g/mol. The maximum absolute atomic E-state index is 9.27. The predicted octanol–water partition coefficient (Wildman–Crippen LogP) is 1.53. The molecule has 19 heavy (non-hydrogen) atoms. The topological polar surface area (TPSA) is 58.7 Å². The molecule has 3 N–H and O–H groups in total. The van der Waals surface area contributed by atoms with Crippen molar-refractivity contribution in [2.75, 3.05) is 26.3 Å². The third-order valence-electron chi connectivity index (χ3n) is 3.61. The largest absolute Gasteiger partial charge is 0.394 e. The minimum absolute atomic E-state index is 0.0546. The van der Waals surface area contributed by atoms with Gasteiger partial charge in [0.1, 0.15) is 0 Å². The number of hydrogen-bond donors (Lipinski definition) is 2. The van der Waals surface area contributed by atoms with E-state index in [0.717, 1.165) is 4.47 Å². The molecule has 3 atom stereocenters. The highest BCUT2D eigenvalue weighted by molar-refractivity contribution is 9.10. The fraction of sp³-hybridized carbons (Fsp3) is 0.571. The van der Waals surface area contributed by atoms with Gasteiger partial charge in [0.15, 0.2) is 0 Å². The van der Waals surface area contributed by atoms with E-state index in [9.17, 15) is 5.11 Å². The summed E-state index contributed by atoms with van der Waals surface area (Å²) in [5, 5.41) is 9.27. The van der Waals surface area contributed by atoms with Crippen molar-refractivity contribution in [1.82, 2.24) is 4.90 Å². The molecule has 1 heterocycles. The van der Waals surface area contributed by atoms with Gasteiger partial charge in [0.25, 0.3) is 0 Å². The summed E-state index contributed by atoms with van der Waals surface area (Å²) >= 11 is 3.50. The number of rotatable bonds is 4. The summed E-state index contributed by atoms with van der Waals surface area (Å²) in [5.41, 5.74) is 7.17. The summed E-state index contributed by atoms with van der Waals surface area (Å²) in [4.78, 5) is 2.33. The van der Waals surface area contributed by atoms with E-state index in [1.165, 1.54) is 5.56 Å². The first kappa shape index (κ1) is 14.9. The molecule has 0 spiro atoms.